The van der Waals surface area contributed by atoms with E-state index in [4.69, 9.17) is 15.5 Å². The molecule has 1 amide bonds. The van der Waals surface area contributed by atoms with Gasteiger partial charge in [0.1, 0.15) is 0 Å². The Bertz CT molecular complexity index is 623. The van der Waals surface area contributed by atoms with E-state index in [0.29, 0.717) is 20.7 Å². The molecule has 3 rings (SSSR count). The van der Waals surface area contributed by atoms with Gasteiger partial charge in [-0.3, -0.25) is 0 Å². The van der Waals surface area contributed by atoms with Gasteiger partial charge in [-0.1, -0.05) is 0 Å². The van der Waals surface area contributed by atoms with E-state index >= 15 is 0 Å². The van der Waals surface area contributed by atoms with E-state index in [1.165, 1.54) is 0 Å². The summed E-state index contributed by atoms with van der Waals surface area (Å²) in [4.78, 5) is 24.9. The zero-order valence-corrected chi connectivity index (χ0v) is 13.8. The number of nitrogens with two attached hydrogens (primary N) is 1. The number of fused-ring (bicyclic) bond motifs is 2. The maximum absolute atomic E-state index is 12.7. The summed E-state index contributed by atoms with van der Waals surface area (Å²) in [7, 11) is 0. The molecule has 1 fully saturated rings. The number of halogens is 2. The summed E-state index contributed by atoms with van der Waals surface area (Å²) < 4.78 is 7.86. The van der Waals surface area contributed by atoms with Crippen LogP contribution in [0.3, 0.4) is 0 Å². The molecule has 3 N–H and O–H groups in total. The van der Waals surface area contributed by atoms with Gasteiger partial charge in [-0.15, -0.1) is 0 Å². The number of amides is 1. The second-order valence-corrected chi connectivity index (χ2v) is 7.39. The van der Waals surface area contributed by atoms with Gasteiger partial charge in [-0.2, -0.15) is 0 Å². The molecule has 1 aromatic heterocycles. The minimum atomic E-state index is -0.561. The normalized spacial score (nSPS) is 20.2. The van der Waals surface area contributed by atoms with Crippen molar-refractivity contribution in [1.29, 1.82) is 0 Å². The molecule has 7 heteroatoms. The number of aromatic nitrogens is 1. The van der Waals surface area contributed by atoms with Crippen LogP contribution in [0.5, 0.6) is 0 Å². The fourth-order valence-electron chi connectivity index (χ4n) is 3.24. The average Bonchev–Trinajstić information content (AvgIpc) is 2.70. The van der Waals surface area contributed by atoms with Crippen molar-refractivity contribution in [2.24, 2.45) is 3.95 Å². The van der Waals surface area contributed by atoms with Crippen molar-refractivity contribution in [2.75, 3.05) is 0 Å². The van der Waals surface area contributed by atoms with Crippen LogP contribution in [0.1, 0.15) is 48.2 Å². The molecule has 0 aromatic carbocycles. The van der Waals surface area contributed by atoms with Crippen LogP contribution in [-0.4, -0.2) is 10.5 Å². The van der Waals surface area contributed by atoms with E-state index in [-0.39, 0.29) is 11.5 Å². The zero-order valence-electron chi connectivity index (χ0n) is 10.9. The molecule has 2 heterocycles. The molecule has 0 bridgehead atoms. The van der Waals surface area contributed by atoms with Gasteiger partial charge >= 0.3 is 133 Å². The van der Waals surface area contributed by atoms with Crippen LogP contribution in [0.25, 0.3) is 0 Å². The monoisotopic (exact) mass is 408 g/mol. The number of carbonyl (C=O) groups excluding carboxylic acids is 1. The van der Waals surface area contributed by atoms with Crippen LogP contribution in [-0.2, 0) is 10.1 Å². The SMILES string of the molecule is N[I-]Cc1cc(Cl)c2n(c1=O)C1(CCCCC1)NC2=O. The Balaban J connectivity index is 2.22. The summed E-state index contributed by atoms with van der Waals surface area (Å²) in [5.74, 6) is -0.233. The number of rotatable bonds is 2. The van der Waals surface area contributed by atoms with Crippen molar-refractivity contribution in [2.45, 2.75) is 42.2 Å². The van der Waals surface area contributed by atoms with Crippen molar-refractivity contribution < 1.29 is 26.3 Å². The molecular weight excluding hydrogens is 393 g/mol. The molecule has 0 atom stereocenters. The van der Waals surface area contributed by atoms with Gasteiger partial charge < -0.3 is 0 Å². The second kappa shape index (κ2) is 5.31. The number of nitrogens with zero attached hydrogens (tertiary/aromatic N) is 1. The first-order valence-electron chi connectivity index (χ1n) is 6.64. The van der Waals surface area contributed by atoms with Crippen LogP contribution >= 0.6 is 11.6 Å². The fraction of sp³-hybridized carbons (Fsp3) is 0.538. The van der Waals surface area contributed by atoms with Crippen LogP contribution in [0.4, 0.5) is 0 Å². The third-order valence-corrected chi connectivity index (χ3v) is 5.67. The van der Waals surface area contributed by atoms with Gasteiger partial charge in [0.15, 0.2) is 0 Å². The van der Waals surface area contributed by atoms with Crippen molar-refractivity contribution in [3.63, 3.8) is 0 Å². The quantitative estimate of drug-likeness (QED) is 0.349. The Morgan fingerprint density at radius 2 is 2.05 bits per heavy atom. The van der Waals surface area contributed by atoms with E-state index in [0.717, 1.165) is 32.1 Å². The van der Waals surface area contributed by atoms with E-state index < -0.39 is 27.1 Å². The first-order valence-corrected chi connectivity index (χ1v) is 9.79. The summed E-state index contributed by atoms with van der Waals surface area (Å²) in [5, 5.41) is 3.36. The van der Waals surface area contributed by atoms with Crippen LogP contribution < -0.4 is 36.3 Å². The Hall–Kier alpha value is -0.600. The summed E-state index contributed by atoms with van der Waals surface area (Å²) in [6.07, 6.45) is 4.76. The molecule has 110 valence electrons. The Morgan fingerprint density at radius 1 is 1.35 bits per heavy atom. The minimum absolute atomic E-state index is 0.102. The summed E-state index contributed by atoms with van der Waals surface area (Å²) >= 11 is 5.70. The van der Waals surface area contributed by atoms with Gasteiger partial charge in [0.2, 0.25) is 0 Å². The maximum atomic E-state index is 12.7. The Labute approximate surface area is 132 Å². The van der Waals surface area contributed by atoms with Crippen LogP contribution in [0, 0.1) is 0 Å². The molecule has 20 heavy (non-hydrogen) atoms. The van der Waals surface area contributed by atoms with Gasteiger partial charge in [-0.25, -0.2) is 0 Å². The molecule has 1 saturated carbocycles. The summed E-state index contributed by atoms with van der Waals surface area (Å²) in [6, 6.07) is 1.61. The van der Waals surface area contributed by atoms with E-state index in [1.54, 1.807) is 10.6 Å². The van der Waals surface area contributed by atoms with Gasteiger partial charge in [-0.05, 0) is 0 Å². The molecular formula is C13H16ClIN3O2-. The van der Waals surface area contributed by atoms with Crippen molar-refractivity contribution in [3.05, 3.63) is 32.7 Å². The molecule has 1 spiro atoms. The number of nitrogens with one attached hydrogen (secondary N) is 1. The fourth-order valence-corrected chi connectivity index (χ4v) is 4.57. The predicted octanol–water partition coefficient (Wildman–Crippen LogP) is -1.68. The zero-order chi connectivity index (χ0) is 14.3. The number of carbonyl (C=O) groups is 1. The second-order valence-electron chi connectivity index (χ2n) is 5.34. The standard InChI is InChI=1S/C13H16ClIN3O2/c14-9-6-8(7-15-16)12(20)18-10(9)11(19)17-13(18)4-2-1-3-5-13/h6H,1-5,7,16H2,(H,17,19)/q-1. The predicted molar refractivity (Wildman–Crippen MR) is 72.1 cm³/mol. The van der Waals surface area contributed by atoms with Crippen LogP contribution in [0.15, 0.2) is 10.9 Å². The number of alkyl halides is 1. The molecule has 0 unspecified atom stereocenters. The van der Waals surface area contributed by atoms with Crippen molar-refractivity contribution >= 4 is 17.5 Å². The van der Waals surface area contributed by atoms with E-state index in [9.17, 15) is 9.59 Å². The van der Waals surface area contributed by atoms with Crippen molar-refractivity contribution in [3.8, 4) is 0 Å². The number of hydrogen-bond acceptors (Lipinski definition) is 3. The van der Waals surface area contributed by atoms with Crippen LogP contribution in [0.2, 0.25) is 5.02 Å². The van der Waals surface area contributed by atoms with Gasteiger partial charge in [0.05, 0.1) is 0 Å². The molecule has 5 nitrogen and oxygen atoms in total. The molecule has 1 aromatic rings. The van der Waals surface area contributed by atoms with Crippen molar-refractivity contribution in [1.82, 2.24) is 9.88 Å². The Kier molecular flexibility index (Phi) is 3.81. The van der Waals surface area contributed by atoms with E-state index in [2.05, 4.69) is 5.32 Å². The number of hydrogen-bond donors (Lipinski definition) is 2. The topological polar surface area (TPSA) is 77.1 Å². The summed E-state index contributed by atoms with van der Waals surface area (Å²) in [6.45, 7) is 0. The number of pyridine rings is 1. The van der Waals surface area contributed by atoms with E-state index in [1.807, 2.05) is 0 Å². The Morgan fingerprint density at radius 3 is 2.70 bits per heavy atom. The molecule has 2 aliphatic rings. The first kappa shape index (κ1) is 14.3. The van der Waals surface area contributed by atoms with Gasteiger partial charge in [0.25, 0.3) is 0 Å². The first-order chi connectivity index (χ1) is 9.59. The van der Waals surface area contributed by atoms with Gasteiger partial charge in [0, 0.05) is 0 Å². The third kappa shape index (κ3) is 2.08. The molecule has 1 aliphatic heterocycles. The average molecular weight is 409 g/mol. The molecule has 1 aliphatic carbocycles. The third-order valence-electron chi connectivity index (χ3n) is 4.12. The summed E-state index contributed by atoms with van der Waals surface area (Å²) in [5.41, 5.74) is 0.289. The molecule has 0 saturated heterocycles. The molecule has 0 radical (unpaired) electrons.